The van der Waals surface area contributed by atoms with Crippen LogP contribution >= 0.6 is 23.2 Å². The van der Waals surface area contributed by atoms with E-state index in [1.165, 1.54) is 0 Å². The van der Waals surface area contributed by atoms with Gasteiger partial charge in [0.25, 0.3) is 5.56 Å². The fraction of sp³-hybridized carbons (Fsp3) is 0.286. The number of ether oxygens (including phenoxy) is 1. The molecule has 0 saturated carbocycles. The SMILES string of the molecule is Cc1cc(O)c(CN2C[C@H]3C[C@@H](C2)c2cccc(=O)n2C3)c2c1C(=O)/C(=C/c1ccc(Cl)c(Cl)c1)O2. The van der Waals surface area contributed by atoms with Gasteiger partial charge in [-0.15, -0.1) is 0 Å². The number of fused-ring (bicyclic) bond motifs is 5. The van der Waals surface area contributed by atoms with Crippen LogP contribution < -0.4 is 10.3 Å². The van der Waals surface area contributed by atoms with Crippen LogP contribution in [-0.4, -0.2) is 33.4 Å². The number of hydrogen-bond donors (Lipinski definition) is 1. The first kappa shape index (κ1) is 23.3. The minimum absolute atomic E-state index is 0.0536. The van der Waals surface area contributed by atoms with Crippen LogP contribution in [0.15, 0.2) is 53.0 Å². The normalized spacial score (nSPS) is 21.9. The van der Waals surface area contributed by atoms with Crippen molar-refractivity contribution in [1.29, 1.82) is 0 Å². The number of aromatic nitrogens is 1. The minimum Gasteiger partial charge on any atom is -0.507 e. The van der Waals surface area contributed by atoms with Crippen molar-refractivity contribution in [2.45, 2.75) is 32.4 Å². The summed E-state index contributed by atoms with van der Waals surface area (Å²) in [6.07, 6.45) is 2.69. The number of allylic oxidation sites excluding steroid dienone is 1. The molecule has 3 aliphatic heterocycles. The Morgan fingerprint density at radius 2 is 1.92 bits per heavy atom. The Morgan fingerprint density at radius 3 is 2.72 bits per heavy atom. The summed E-state index contributed by atoms with van der Waals surface area (Å²) in [5.74, 6) is 1.09. The number of nitrogens with zero attached hydrogens (tertiary/aromatic N) is 2. The van der Waals surface area contributed by atoms with Gasteiger partial charge in [0, 0.05) is 43.9 Å². The number of likely N-dealkylation sites (tertiary alicyclic amines) is 1. The third kappa shape index (κ3) is 3.94. The van der Waals surface area contributed by atoms with Crippen molar-refractivity contribution in [2.24, 2.45) is 5.92 Å². The molecule has 1 fully saturated rings. The van der Waals surface area contributed by atoms with Gasteiger partial charge in [0.15, 0.2) is 5.76 Å². The van der Waals surface area contributed by atoms with Gasteiger partial charge in [0.2, 0.25) is 5.78 Å². The number of aromatic hydroxyl groups is 1. The minimum atomic E-state index is -0.223. The summed E-state index contributed by atoms with van der Waals surface area (Å²) in [5.41, 5.74) is 3.56. The summed E-state index contributed by atoms with van der Waals surface area (Å²) in [6.45, 7) is 4.52. The lowest BCUT2D eigenvalue weighted by atomic mass is 9.83. The Bertz CT molecular complexity index is 1510. The van der Waals surface area contributed by atoms with E-state index < -0.39 is 0 Å². The molecule has 6 nitrogen and oxygen atoms in total. The molecule has 2 aromatic carbocycles. The van der Waals surface area contributed by atoms with Crippen molar-refractivity contribution in [2.75, 3.05) is 13.1 Å². The second-order valence-electron chi connectivity index (χ2n) is 9.90. The van der Waals surface area contributed by atoms with E-state index in [4.69, 9.17) is 27.9 Å². The molecule has 184 valence electrons. The van der Waals surface area contributed by atoms with E-state index in [9.17, 15) is 14.7 Å². The van der Waals surface area contributed by atoms with Gasteiger partial charge in [-0.05, 0) is 60.7 Å². The molecule has 0 spiro atoms. The van der Waals surface area contributed by atoms with Crippen molar-refractivity contribution in [3.8, 4) is 11.5 Å². The van der Waals surface area contributed by atoms with E-state index in [1.54, 1.807) is 43.3 Å². The highest BCUT2D eigenvalue weighted by atomic mass is 35.5. The van der Waals surface area contributed by atoms with Crippen molar-refractivity contribution in [3.05, 3.63) is 96.6 Å². The van der Waals surface area contributed by atoms with Gasteiger partial charge in [-0.25, -0.2) is 0 Å². The number of carbonyl (C=O) groups excluding carboxylic acids is 1. The molecular formula is C28H24Cl2N2O4. The number of benzene rings is 2. The maximum Gasteiger partial charge on any atom is 0.250 e. The van der Waals surface area contributed by atoms with Crippen LogP contribution in [0, 0.1) is 12.8 Å². The molecule has 3 aromatic rings. The van der Waals surface area contributed by atoms with Crippen LogP contribution in [0.1, 0.15) is 45.1 Å². The van der Waals surface area contributed by atoms with E-state index in [1.807, 2.05) is 16.7 Å². The van der Waals surface area contributed by atoms with E-state index >= 15 is 0 Å². The lowest BCUT2D eigenvalue weighted by Crippen LogP contribution is -2.46. The molecule has 6 rings (SSSR count). The van der Waals surface area contributed by atoms with Gasteiger partial charge in [-0.1, -0.05) is 35.3 Å². The molecule has 0 radical (unpaired) electrons. The molecule has 36 heavy (non-hydrogen) atoms. The van der Waals surface area contributed by atoms with Crippen LogP contribution in [0.4, 0.5) is 0 Å². The number of phenolic OH excluding ortho intramolecular Hbond substituents is 1. The molecular weight excluding hydrogens is 499 g/mol. The number of pyridine rings is 1. The highest BCUT2D eigenvalue weighted by molar-refractivity contribution is 6.42. The third-order valence-corrected chi connectivity index (χ3v) is 8.14. The van der Waals surface area contributed by atoms with Crippen molar-refractivity contribution in [1.82, 2.24) is 9.47 Å². The van der Waals surface area contributed by atoms with Crippen LogP contribution in [0.2, 0.25) is 10.0 Å². The summed E-state index contributed by atoms with van der Waals surface area (Å²) >= 11 is 12.2. The number of rotatable bonds is 3. The van der Waals surface area contributed by atoms with Crippen LogP contribution in [-0.2, 0) is 13.1 Å². The van der Waals surface area contributed by atoms with Crippen LogP contribution in [0.25, 0.3) is 6.08 Å². The summed E-state index contributed by atoms with van der Waals surface area (Å²) < 4.78 is 8.00. The predicted octanol–water partition coefficient (Wildman–Crippen LogP) is 5.40. The first-order valence-electron chi connectivity index (χ1n) is 12.0. The molecule has 3 aliphatic rings. The fourth-order valence-electron chi connectivity index (χ4n) is 5.83. The van der Waals surface area contributed by atoms with Gasteiger partial charge in [-0.2, -0.15) is 0 Å². The smallest absolute Gasteiger partial charge is 0.250 e. The van der Waals surface area contributed by atoms with Gasteiger partial charge >= 0.3 is 0 Å². The summed E-state index contributed by atoms with van der Waals surface area (Å²) in [4.78, 5) is 27.9. The quantitative estimate of drug-likeness (QED) is 0.466. The molecule has 0 amide bonds. The molecule has 0 unspecified atom stereocenters. The molecule has 1 aromatic heterocycles. The Balaban J connectivity index is 1.31. The Hall–Kier alpha value is -3.06. The number of ketones is 1. The highest BCUT2D eigenvalue weighted by Crippen LogP contribution is 2.44. The van der Waals surface area contributed by atoms with E-state index in [0.29, 0.717) is 57.1 Å². The first-order chi connectivity index (χ1) is 17.3. The highest BCUT2D eigenvalue weighted by Gasteiger charge is 2.37. The van der Waals surface area contributed by atoms with Gasteiger partial charge in [0.05, 0.1) is 21.2 Å². The zero-order valence-corrected chi connectivity index (χ0v) is 21.1. The van der Waals surface area contributed by atoms with Gasteiger partial charge < -0.3 is 14.4 Å². The number of halogens is 2. The van der Waals surface area contributed by atoms with Crippen molar-refractivity contribution in [3.63, 3.8) is 0 Å². The summed E-state index contributed by atoms with van der Waals surface area (Å²) in [7, 11) is 0. The number of piperidine rings is 1. The Morgan fingerprint density at radius 1 is 1.08 bits per heavy atom. The lowest BCUT2D eigenvalue weighted by molar-refractivity contribution is 0.101. The fourth-order valence-corrected chi connectivity index (χ4v) is 6.14. The lowest BCUT2D eigenvalue weighted by Gasteiger charge is -2.43. The summed E-state index contributed by atoms with van der Waals surface area (Å²) in [5, 5.41) is 11.7. The topological polar surface area (TPSA) is 71.8 Å². The maximum absolute atomic E-state index is 13.3. The van der Waals surface area contributed by atoms with Gasteiger partial charge in [-0.3, -0.25) is 14.5 Å². The number of aryl methyl sites for hydroxylation is 1. The second-order valence-corrected chi connectivity index (χ2v) is 10.7. The standard InChI is InChI=1S/C28H24Cl2N2O4/c1-15-7-23(33)19(14-31-11-17-8-18(13-31)22-3-2-4-25(34)32(22)12-17)28-26(15)27(35)24(36-28)10-16-5-6-20(29)21(30)9-16/h2-7,9-10,17-18,33H,8,11-14H2,1H3/b24-10-/t17-,18+/m1/s1. The number of phenols is 1. The zero-order chi connectivity index (χ0) is 25.1. The average Bonchev–Trinajstić information content (AvgIpc) is 3.16. The summed E-state index contributed by atoms with van der Waals surface area (Å²) in [6, 6.07) is 12.2. The molecule has 8 heteroatoms. The zero-order valence-electron chi connectivity index (χ0n) is 19.6. The number of hydrogen-bond acceptors (Lipinski definition) is 5. The molecule has 1 N–H and O–H groups in total. The van der Waals surface area contributed by atoms with Crippen molar-refractivity contribution >= 4 is 35.1 Å². The molecule has 1 saturated heterocycles. The maximum atomic E-state index is 13.3. The Labute approximate surface area is 218 Å². The third-order valence-electron chi connectivity index (χ3n) is 7.40. The number of carbonyl (C=O) groups is 1. The Kier molecular flexibility index (Phi) is 5.71. The van der Waals surface area contributed by atoms with Crippen LogP contribution in [0.3, 0.4) is 0 Å². The monoisotopic (exact) mass is 522 g/mol. The molecule has 2 bridgehead atoms. The molecule has 0 aliphatic carbocycles. The predicted molar refractivity (Wildman–Crippen MR) is 139 cm³/mol. The van der Waals surface area contributed by atoms with Crippen LogP contribution in [0.5, 0.6) is 11.5 Å². The van der Waals surface area contributed by atoms with E-state index in [-0.39, 0.29) is 28.8 Å². The van der Waals surface area contributed by atoms with Gasteiger partial charge in [0.1, 0.15) is 11.5 Å². The average molecular weight is 523 g/mol. The van der Waals surface area contributed by atoms with Crippen molar-refractivity contribution < 1.29 is 14.6 Å². The number of Topliss-reactive ketones (excluding diaryl/α,β-unsaturated/α-hetero) is 1. The van der Waals surface area contributed by atoms with E-state index in [2.05, 4.69) is 4.90 Å². The molecule has 4 heterocycles. The largest absolute Gasteiger partial charge is 0.507 e. The van der Waals surface area contributed by atoms with E-state index in [0.717, 1.165) is 25.2 Å². The second kappa shape index (κ2) is 8.80. The molecule has 2 atom stereocenters. The first-order valence-corrected chi connectivity index (χ1v) is 12.7.